The van der Waals surface area contributed by atoms with Crippen LogP contribution in [0.3, 0.4) is 0 Å². The van der Waals surface area contributed by atoms with E-state index in [9.17, 15) is 9.46 Å². The highest BCUT2D eigenvalue weighted by atomic mass is 31.2. The molecule has 0 radical (unpaired) electrons. The van der Waals surface area contributed by atoms with Gasteiger partial charge in [0, 0.05) is 6.54 Å². The molecule has 45 heavy (non-hydrogen) atoms. The fourth-order valence-electron chi connectivity index (χ4n) is 5.10. The number of nitrogens with two attached hydrogens (primary N) is 1. The number of aliphatic hydroxyl groups is 1. The Labute approximate surface area is 281 Å². The molecule has 0 heterocycles. The molecule has 0 rings (SSSR count). The lowest BCUT2D eigenvalue weighted by Crippen LogP contribution is -2.02. The average Bonchev–Trinajstić information content (AvgIpc) is 3.04. The van der Waals surface area contributed by atoms with Crippen molar-refractivity contribution in [1.82, 2.24) is 0 Å². The van der Waals surface area contributed by atoms with E-state index in [-0.39, 0.29) is 6.61 Å². The molecule has 4 N–H and O–H groups in total. The molecule has 0 saturated carbocycles. The number of phosphoric acid groups is 1. The van der Waals surface area contributed by atoms with Gasteiger partial charge >= 0.3 is 7.82 Å². The van der Waals surface area contributed by atoms with Gasteiger partial charge in [-0.1, -0.05) is 154 Å². The molecule has 0 aliphatic heterocycles. The zero-order valence-electron chi connectivity index (χ0n) is 30.1. The topological polar surface area (TPSA) is 102 Å². The molecular weight excluding hydrogens is 581 g/mol. The molecule has 0 aromatic heterocycles. The molecule has 0 spiro atoms. The van der Waals surface area contributed by atoms with Crippen molar-refractivity contribution in [3.63, 3.8) is 0 Å². The van der Waals surface area contributed by atoms with Crippen LogP contribution in [-0.4, -0.2) is 36.4 Å². The molecule has 0 bridgehead atoms. The maximum Gasteiger partial charge on any atom is 0.472 e. The van der Waals surface area contributed by atoms with E-state index in [1.807, 2.05) is 0 Å². The van der Waals surface area contributed by atoms with Crippen LogP contribution in [0, 0.1) is 0 Å². The highest BCUT2D eigenvalue weighted by molar-refractivity contribution is 7.47. The van der Waals surface area contributed by atoms with Crippen molar-refractivity contribution in [3.8, 4) is 0 Å². The predicted molar refractivity (Wildman–Crippen MR) is 197 cm³/mol. The van der Waals surface area contributed by atoms with E-state index in [2.05, 4.69) is 38.2 Å². The molecule has 0 fully saturated rings. The lowest BCUT2D eigenvalue weighted by Gasteiger charge is -2.12. The van der Waals surface area contributed by atoms with Crippen LogP contribution in [0.5, 0.6) is 0 Å². The zero-order chi connectivity index (χ0) is 33.4. The Bertz CT molecular complexity index is 594. The molecule has 0 aliphatic carbocycles. The van der Waals surface area contributed by atoms with Crippen molar-refractivity contribution in [2.45, 2.75) is 194 Å². The van der Waals surface area contributed by atoms with E-state index in [1.165, 1.54) is 141 Å². The van der Waals surface area contributed by atoms with Crippen LogP contribution >= 0.6 is 7.82 Å². The average molecular weight is 660 g/mol. The monoisotopic (exact) mass is 660 g/mol. The first kappa shape index (κ1) is 46.6. The van der Waals surface area contributed by atoms with Crippen LogP contribution in [-0.2, 0) is 13.6 Å². The summed E-state index contributed by atoms with van der Waals surface area (Å²) < 4.78 is 22.3. The van der Waals surface area contributed by atoms with Crippen molar-refractivity contribution in [3.05, 3.63) is 24.3 Å². The van der Waals surface area contributed by atoms with Crippen LogP contribution in [0.15, 0.2) is 24.3 Å². The maximum atomic E-state index is 12.0. The van der Waals surface area contributed by atoms with E-state index in [4.69, 9.17) is 19.9 Å². The van der Waals surface area contributed by atoms with Crippen molar-refractivity contribution in [1.29, 1.82) is 0 Å². The predicted octanol–water partition coefficient (Wildman–Crippen LogP) is 12.1. The van der Waals surface area contributed by atoms with Gasteiger partial charge in [-0.15, -0.1) is 0 Å². The quantitative estimate of drug-likeness (QED) is 0.0355. The van der Waals surface area contributed by atoms with Crippen molar-refractivity contribution in [2.24, 2.45) is 5.73 Å². The van der Waals surface area contributed by atoms with Gasteiger partial charge in [0.2, 0.25) is 0 Å². The Hall–Kier alpha value is -0.490. The van der Waals surface area contributed by atoms with E-state index in [0.717, 1.165) is 38.5 Å². The standard InChI is InChI=1S/C36H71O4P.C2H7NO/c1-3-5-7-9-11-13-15-17-19-21-23-25-27-29-31-33-35-39-41(37,38)40-36-34-32-30-28-26-24-22-20-18-16-14-12-10-8-6-4-2;3-1-2-4/h17-20H,3-16,21-36H2,1-2H3,(H,37,38);4H,1-3H2/b19-17-,20-18-;. The summed E-state index contributed by atoms with van der Waals surface area (Å²) in [6.07, 6.45) is 44.3. The largest absolute Gasteiger partial charge is 0.472 e. The van der Waals surface area contributed by atoms with Gasteiger partial charge in [0.05, 0.1) is 19.8 Å². The maximum absolute atomic E-state index is 12.0. The van der Waals surface area contributed by atoms with Crippen LogP contribution in [0.2, 0.25) is 0 Å². The van der Waals surface area contributed by atoms with E-state index in [0.29, 0.717) is 19.8 Å². The number of unbranched alkanes of at least 4 members (excludes halogenated alkanes) is 24. The Morgan fingerprint density at radius 2 is 0.733 bits per heavy atom. The number of rotatable bonds is 35. The van der Waals surface area contributed by atoms with E-state index < -0.39 is 7.82 Å². The number of hydrogen-bond donors (Lipinski definition) is 3. The molecule has 0 aliphatic rings. The highest BCUT2D eigenvalue weighted by Crippen LogP contribution is 2.43. The van der Waals surface area contributed by atoms with Crippen molar-refractivity contribution < 1.29 is 23.6 Å². The summed E-state index contributed by atoms with van der Waals surface area (Å²) in [5, 5.41) is 7.75. The summed E-state index contributed by atoms with van der Waals surface area (Å²) >= 11 is 0. The minimum absolute atomic E-state index is 0.0972. The van der Waals surface area contributed by atoms with Crippen LogP contribution < -0.4 is 5.73 Å². The Morgan fingerprint density at radius 1 is 0.489 bits per heavy atom. The molecule has 7 heteroatoms. The smallest absolute Gasteiger partial charge is 0.395 e. The summed E-state index contributed by atoms with van der Waals surface area (Å²) in [6, 6.07) is 0. The molecular formula is C38H78NO5P. The van der Waals surface area contributed by atoms with Gasteiger partial charge in [0.15, 0.2) is 0 Å². The molecule has 0 aromatic rings. The van der Waals surface area contributed by atoms with Gasteiger partial charge in [-0.2, -0.15) is 0 Å². The second-order valence-corrected chi connectivity index (χ2v) is 14.0. The van der Waals surface area contributed by atoms with Crippen LogP contribution in [0.1, 0.15) is 194 Å². The normalized spacial score (nSPS) is 11.9. The summed E-state index contributed by atoms with van der Waals surface area (Å²) in [5.41, 5.74) is 4.78. The highest BCUT2D eigenvalue weighted by Gasteiger charge is 2.19. The molecule has 0 amide bonds. The van der Waals surface area contributed by atoms with Crippen molar-refractivity contribution in [2.75, 3.05) is 26.4 Å². The summed E-state index contributed by atoms with van der Waals surface area (Å²) in [7, 11) is -3.89. The first-order valence-corrected chi connectivity index (χ1v) is 20.8. The SMILES string of the molecule is CCCCCCCC/C=C\CCCCCCCCOP(=O)(O)OCCCCCCCC/C=C\CCCCCCCC.NCCO. The summed E-state index contributed by atoms with van der Waals surface area (Å²) in [6.45, 7) is 5.62. The number of aliphatic hydroxyl groups excluding tert-OH is 1. The minimum atomic E-state index is -3.89. The minimum Gasteiger partial charge on any atom is -0.395 e. The lowest BCUT2D eigenvalue weighted by atomic mass is 10.1. The first-order chi connectivity index (χ1) is 22.0. The lowest BCUT2D eigenvalue weighted by molar-refractivity contribution is 0.145. The molecule has 270 valence electrons. The molecule has 0 atom stereocenters. The molecule has 0 saturated heterocycles. The van der Waals surface area contributed by atoms with Gasteiger partial charge in [-0.05, 0) is 64.2 Å². The van der Waals surface area contributed by atoms with Crippen LogP contribution in [0.25, 0.3) is 0 Å². The number of hydrogen-bond acceptors (Lipinski definition) is 5. The molecule has 0 aromatic carbocycles. The Morgan fingerprint density at radius 3 is 1.00 bits per heavy atom. The third-order valence-electron chi connectivity index (χ3n) is 7.95. The Kier molecular flexibility index (Phi) is 43.0. The summed E-state index contributed by atoms with van der Waals surface area (Å²) in [4.78, 5) is 9.86. The van der Waals surface area contributed by atoms with E-state index >= 15 is 0 Å². The fourth-order valence-corrected chi connectivity index (χ4v) is 5.89. The van der Waals surface area contributed by atoms with Gasteiger partial charge in [0.25, 0.3) is 0 Å². The van der Waals surface area contributed by atoms with Crippen molar-refractivity contribution >= 4 is 7.82 Å². The zero-order valence-corrected chi connectivity index (χ0v) is 31.0. The van der Waals surface area contributed by atoms with E-state index in [1.54, 1.807) is 0 Å². The molecule has 0 unspecified atom stereocenters. The second-order valence-electron chi connectivity index (χ2n) is 12.5. The van der Waals surface area contributed by atoms with Crippen LogP contribution in [0.4, 0.5) is 0 Å². The van der Waals surface area contributed by atoms with Gasteiger partial charge in [-0.3, -0.25) is 9.05 Å². The van der Waals surface area contributed by atoms with Gasteiger partial charge in [-0.25, -0.2) is 4.57 Å². The molecule has 6 nitrogen and oxygen atoms in total. The first-order valence-electron chi connectivity index (χ1n) is 19.3. The third-order valence-corrected chi connectivity index (χ3v) is 8.97. The number of allylic oxidation sites excluding steroid dienone is 4. The van der Waals surface area contributed by atoms with Gasteiger partial charge in [0.1, 0.15) is 0 Å². The third kappa shape index (κ3) is 45.7. The van der Waals surface area contributed by atoms with Gasteiger partial charge < -0.3 is 15.7 Å². The Balaban J connectivity index is 0. The summed E-state index contributed by atoms with van der Waals surface area (Å²) in [5.74, 6) is 0. The second kappa shape index (κ2) is 41.5. The fraction of sp³-hybridized carbons (Fsp3) is 0.895. The number of phosphoric ester groups is 1.